The molecule has 0 saturated heterocycles. The molecule has 0 atom stereocenters. The molecule has 0 amide bonds. The van der Waals surface area contributed by atoms with Gasteiger partial charge in [0.15, 0.2) is 5.83 Å². The van der Waals surface area contributed by atoms with E-state index in [2.05, 4.69) is 137 Å². The normalized spacial score (nSPS) is 6.75. The quantitative estimate of drug-likeness (QED) is 0.0184. The molecule has 0 bridgehead atoms. The molecule has 0 aliphatic carbocycles. The van der Waals surface area contributed by atoms with Crippen LogP contribution in [0.1, 0.15) is 392 Å². The molecule has 114 heavy (non-hydrogen) atoms. The first-order chi connectivity index (χ1) is 46.3. The first-order valence-electron chi connectivity index (χ1n) is 34.7. The summed E-state index contributed by atoms with van der Waals surface area (Å²) in [5.74, 6) is 6.88. The van der Waals surface area contributed by atoms with Gasteiger partial charge in [0.1, 0.15) is 36.1 Å². The van der Waals surface area contributed by atoms with E-state index in [1.807, 2.05) is 104 Å². The smallest absolute Gasteiger partial charge is 1.00 e. The van der Waals surface area contributed by atoms with Crippen LogP contribution in [-0.2, 0) is 28.8 Å². The van der Waals surface area contributed by atoms with Crippen LogP contribution >= 0.6 is 32.9 Å². The van der Waals surface area contributed by atoms with Gasteiger partial charge in [0, 0.05) is 40.5 Å². The molecule has 0 aliphatic heterocycles. The summed E-state index contributed by atoms with van der Waals surface area (Å²) < 4.78 is 101. The summed E-state index contributed by atoms with van der Waals surface area (Å²) in [7, 11) is 1.68. The van der Waals surface area contributed by atoms with Gasteiger partial charge in [-0.2, -0.15) is 32.8 Å². The zero-order chi connectivity index (χ0) is 87.5. The number of rotatable bonds is 12. The number of hydrogen-bond donors (Lipinski definition) is 2. The Morgan fingerprint density at radius 3 is 0.658 bits per heavy atom. The maximum Gasteiger partial charge on any atom is 1.00 e. The van der Waals surface area contributed by atoms with Crippen LogP contribution in [0.3, 0.4) is 0 Å². The minimum atomic E-state index is -2.91. The third-order valence-corrected chi connectivity index (χ3v) is 5.13. The van der Waals surface area contributed by atoms with Crippen molar-refractivity contribution in [3.8, 4) is 36.5 Å². The number of aldehydes is 3. The van der Waals surface area contributed by atoms with Crippen molar-refractivity contribution in [2.45, 2.75) is 406 Å². The summed E-state index contributed by atoms with van der Waals surface area (Å²) in [6, 6.07) is 0. The Morgan fingerprint density at radius 1 is 0.509 bits per heavy atom. The van der Waals surface area contributed by atoms with Crippen LogP contribution in [-0.4, -0.2) is 91.9 Å². The van der Waals surface area contributed by atoms with Crippen LogP contribution in [0.2, 0.25) is 0 Å². The van der Waals surface area contributed by atoms with E-state index in [4.69, 9.17) is 36.3 Å². The standard InChI is InChI=1S/C6H14.C6H12.C5H8O.C5H12.C4H6F2.2C4H9O.C4H10.C4H9.C4H6.C3H3F3.C3H8O.C3H6O.C3H4.C2H5Br.C2F4.C2H6O.2C2H4O.5C2H6.CH2O3.4CH4.B.BrH.4K.Li.2Na.H2O.2H/c2*1-3-5-6-4-2;1-4-5(2,3)6;1-3-5-4-2;1-3(5)4(2)6;2*1-4(2,3)5;3*1-3-4-2;1-2(4)3(5)6;1-3-4-2;1-2-3-4;1-3-2;1-2-3;3-1(4)2(5)6;3*1-2-3;5*1-2;2-1-4-3;;;;;;;;;;;;;;;;/h3-6H2,1-2H3;5-6H,3-4H2,1-2H3;1,6H,2-3H3;3-5H2,1-2H3;1-2H3;2*1-3H3;3-4H2,1-2H3;1,3-4H2,2H3;1-2H3;1H3;3H2,1-2H3;3H,2H2,1H3;1H,2H3;2H2,1H3;;3H,2H2,1H3;2*2H,1H3;5*1-2H3;1,3H;4*1H4;;1H;;;;;;;;1H2;;/q;;;;;2*-1;;-1;;;;;;;;;;;;;;;;;;;;;;;7*+1;;2*-1/p-2/b;6-5-;;;4-3+;;;;;;;;;;;;;;;;;;;;;;;;;;;;;;;;;;;;. The number of unbranched alkanes of at least 4 members (excludes halogenated alkanes) is 7. The third-order valence-electron chi connectivity index (χ3n) is 5.13. The second-order valence-corrected chi connectivity index (χ2v) is 18.8. The third kappa shape index (κ3) is 1350. The molecule has 12 nitrogen and oxygen atoms in total. The number of halogens is 11. The van der Waals surface area contributed by atoms with Crippen molar-refractivity contribution in [2.75, 3.05) is 25.7 Å². The predicted molar refractivity (Wildman–Crippen MR) is 473 cm³/mol. The van der Waals surface area contributed by atoms with Crippen LogP contribution in [0, 0.1) is 43.5 Å². The molecule has 0 rings (SSSR count). The van der Waals surface area contributed by atoms with Crippen molar-refractivity contribution in [1.82, 2.24) is 0 Å². The van der Waals surface area contributed by atoms with Gasteiger partial charge < -0.3 is 64.9 Å². The maximum atomic E-state index is 11.3. The first-order valence-corrected chi connectivity index (χ1v) is 35.8. The van der Waals surface area contributed by atoms with Crippen LogP contribution in [0.5, 0.6) is 0 Å². The molecule has 0 saturated carbocycles. The minimum absolute atomic E-state index is 0. The topological polar surface area (TPSA) is 226 Å². The molecule has 31 heteroatoms. The Morgan fingerprint density at radius 2 is 0.640 bits per heavy atom. The molecule has 3 radical (unpaired) electrons. The number of ether oxygens (including phenoxy) is 1. The van der Waals surface area contributed by atoms with Gasteiger partial charge in [0.2, 0.25) is 0 Å². The Kier molecular flexibility index (Phi) is 748. The number of aliphatic hydroxyl groups excluding tert-OH is 1. The van der Waals surface area contributed by atoms with Gasteiger partial charge in [-0.3, -0.25) is 4.79 Å². The van der Waals surface area contributed by atoms with Gasteiger partial charge in [-0.25, -0.2) is 13.2 Å². The molecule has 0 fully saturated rings. The number of aliphatic hydroxyl groups is 2. The van der Waals surface area contributed by atoms with Crippen molar-refractivity contribution >= 4 is 66.7 Å². The number of allylic oxidation sites excluding steroid dienone is 5. The van der Waals surface area contributed by atoms with Gasteiger partial charge in [-0.15, -0.1) is 58.8 Å². The zero-order valence-corrected chi connectivity index (χ0v) is 100. The first kappa shape index (κ1) is 259. The molecule has 0 unspecified atom stereocenters. The fraction of sp³-hybridized carbons (Fsp3) is 0.771. The number of carbonyl (C=O) groups excluding carboxylic acids is 4. The number of alkyl halides is 1. The summed E-state index contributed by atoms with van der Waals surface area (Å²) >= 11 is 3.15. The van der Waals surface area contributed by atoms with E-state index in [9.17, 15) is 54.5 Å². The molecule has 3 N–H and O–H groups in total. The summed E-state index contributed by atoms with van der Waals surface area (Å²) in [4.78, 5) is 38.0. The van der Waals surface area contributed by atoms with Crippen LogP contribution in [0.15, 0.2) is 47.9 Å². The van der Waals surface area contributed by atoms with Crippen molar-refractivity contribution in [3.05, 3.63) is 54.8 Å². The molecule has 677 valence electrons. The summed E-state index contributed by atoms with van der Waals surface area (Å²) in [6.07, 6.45) is 25.6. The summed E-state index contributed by atoms with van der Waals surface area (Å²) in [6.45, 7) is 75.6. The van der Waals surface area contributed by atoms with E-state index in [1.165, 1.54) is 90.9 Å². The van der Waals surface area contributed by atoms with Crippen molar-refractivity contribution in [1.29, 1.82) is 0 Å². The van der Waals surface area contributed by atoms with Crippen LogP contribution in [0.25, 0.3) is 0 Å². The van der Waals surface area contributed by atoms with E-state index in [0.717, 1.165) is 51.1 Å². The van der Waals surface area contributed by atoms with E-state index in [0.29, 0.717) is 13.3 Å². The molecule has 0 heterocycles. The van der Waals surface area contributed by atoms with Gasteiger partial charge in [0.25, 0.3) is 6.47 Å². The average molecular weight is 1930 g/mol. The maximum absolute atomic E-state index is 11.3. The van der Waals surface area contributed by atoms with Crippen molar-refractivity contribution in [2.24, 2.45) is 0 Å². The summed E-state index contributed by atoms with van der Waals surface area (Å²) in [5.41, 5.74) is -2.43. The van der Waals surface area contributed by atoms with Crippen molar-refractivity contribution < 1.29 is 386 Å². The van der Waals surface area contributed by atoms with E-state index >= 15 is 0 Å². The fourth-order valence-electron chi connectivity index (χ4n) is 1.19. The second kappa shape index (κ2) is 329. The number of carbonyl (C=O) groups is 4. The Balaban J connectivity index is -0.0000000130. The van der Waals surface area contributed by atoms with Crippen LogP contribution < -0.4 is 299 Å². The van der Waals surface area contributed by atoms with E-state index in [-0.39, 0.29) is 360 Å². The largest absolute Gasteiger partial charge is 1.00 e. The minimum Gasteiger partial charge on any atom is -1.00 e. The number of methoxy groups -OCH3 is 1. The predicted octanol–water partition coefficient (Wildman–Crippen LogP) is 7.62. The fourth-order valence-corrected chi connectivity index (χ4v) is 1.19. The molecule has 0 aromatic heterocycles. The van der Waals surface area contributed by atoms with Crippen LogP contribution in [0.4, 0.5) is 39.5 Å². The summed E-state index contributed by atoms with van der Waals surface area (Å²) in [5, 5.41) is 45.9. The molecular formula is C83H186BBr2F9K4LiNa2O12. The molecule has 0 spiro atoms. The van der Waals surface area contributed by atoms with Gasteiger partial charge >= 0.3 is 302 Å². The Labute approximate surface area is 959 Å². The molecule has 0 aromatic carbocycles. The number of terminal acetylenes is 2. The van der Waals surface area contributed by atoms with Gasteiger partial charge in [-0.05, 0) is 95.9 Å². The Bertz CT molecular complexity index is 1360. The SMILES string of the molecule is Br.C.C.C.C.C#CC.C#CC(C)(C)O.C/C(F)=C(/C)F.CC.CC.CC.CC.CC.CC#CC.CC(C)(C)[O-].CC(C)(C)[O-].CC(F)=C(F)F.CC/C=C\CC.CC=O.CC=O.CCBr.CCC=O.CCCC.CCCCC.CCCCCC.CCO.CCOC.FC(F)=C(F)F.O=CO[O-].[B].[CH2-]CCC.[H-].[H-].[K+].[K+].[K+].[K+].[Li+].[Na+].[Na+].[OH-]. The average Bonchev–Trinajstić information content (AvgIpc) is 1.04. The second-order valence-electron chi connectivity index (χ2n) is 17.7. The van der Waals surface area contributed by atoms with Gasteiger partial charge in [0.05, 0.1) is 0 Å². The van der Waals surface area contributed by atoms with E-state index < -0.39 is 52.5 Å². The number of hydrogen-bond acceptors (Lipinski definition) is 12. The van der Waals surface area contributed by atoms with Gasteiger partial charge in [-0.1, -0.05) is 315 Å². The molecular weight excluding hydrogens is 1740 g/mol. The van der Waals surface area contributed by atoms with Crippen molar-refractivity contribution in [3.63, 3.8) is 0 Å². The molecule has 0 aromatic rings. The monoisotopic (exact) mass is 1920 g/mol. The molecule has 0 aliphatic rings. The Hall–Kier alpha value is 5.38. The van der Waals surface area contributed by atoms with E-state index in [1.54, 1.807) is 76.3 Å². The zero-order valence-electron chi connectivity index (χ0n) is 82.6.